The zero-order valence-corrected chi connectivity index (χ0v) is 19.5. The number of nitrogens with zero attached hydrogens (tertiary/aromatic N) is 6. The molecule has 0 aliphatic carbocycles. The number of rotatable bonds is 4. The summed E-state index contributed by atoms with van der Waals surface area (Å²) in [6, 6.07) is 14.1. The summed E-state index contributed by atoms with van der Waals surface area (Å²) in [5.74, 6) is 0.545. The van der Waals surface area contributed by atoms with E-state index in [1.54, 1.807) is 15.9 Å². The lowest BCUT2D eigenvalue weighted by molar-refractivity contribution is 0.0618. The number of halogens is 1. The summed E-state index contributed by atoms with van der Waals surface area (Å²) in [7, 11) is 0. The van der Waals surface area contributed by atoms with Gasteiger partial charge in [0.15, 0.2) is 0 Å². The Bertz CT molecular complexity index is 1290. The lowest BCUT2D eigenvalue weighted by Crippen LogP contribution is -2.48. The second kappa shape index (κ2) is 8.61. The fourth-order valence-corrected chi connectivity index (χ4v) is 5.38. The van der Waals surface area contributed by atoms with E-state index in [1.165, 1.54) is 9.75 Å². The van der Waals surface area contributed by atoms with Crippen molar-refractivity contribution in [2.24, 2.45) is 0 Å². The summed E-state index contributed by atoms with van der Waals surface area (Å²) < 4.78 is 1.63. The van der Waals surface area contributed by atoms with Gasteiger partial charge in [-0.2, -0.15) is 4.98 Å². The Morgan fingerprint density at radius 2 is 1.84 bits per heavy atom. The number of carbonyl (C=O) groups excluding carboxylic acids is 1. The second-order valence-electron chi connectivity index (χ2n) is 8.00. The van der Waals surface area contributed by atoms with E-state index < -0.39 is 0 Å². The summed E-state index contributed by atoms with van der Waals surface area (Å²) in [6.07, 6.45) is 0. The van der Waals surface area contributed by atoms with Crippen LogP contribution in [0.2, 0.25) is 5.02 Å². The fourth-order valence-electron chi connectivity index (χ4n) is 4.00. The van der Waals surface area contributed by atoms with Crippen molar-refractivity contribution < 1.29 is 4.79 Å². The van der Waals surface area contributed by atoms with Crippen LogP contribution in [0.25, 0.3) is 16.2 Å². The normalized spacial score (nSPS) is 14.9. The minimum absolute atomic E-state index is 0.135. The second-order valence-corrected chi connectivity index (χ2v) is 9.58. The SMILES string of the molecule is Cc1cc(C)n2nc(C(=O)N3CCN(Cc4ccc(-c5ccccc5Cl)s4)CC3)nc2n1. The number of hydrogen-bond donors (Lipinski definition) is 0. The Morgan fingerprint density at radius 3 is 2.62 bits per heavy atom. The number of benzene rings is 1. The Balaban J connectivity index is 1.22. The molecule has 1 amide bonds. The first-order chi connectivity index (χ1) is 15.5. The molecule has 164 valence electrons. The van der Waals surface area contributed by atoms with Gasteiger partial charge in [0.1, 0.15) is 0 Å². The Kier molecular flexibility index (Phi) is 5.67. The molecule has 1 aromatic carbocycles. The van der Waals surface area contributed by atoms with Crippen LogP contribution in [0, 0.1) is 13.8 Å². The van der Waals surface area contributed by atoms with Crippen LogP contribution in [0.15, 0.2) is 42.5 Å². The maximum absolute atomic E-state index is 13.0. The topological polar surface area (TPSA) is 66.6 Å². The molecule has 5 rings (SSSR count). The molecule has 4 aromatic rings. The summed E-state index contributed by atoms with van der Waals surface area (Å²) >= 11 is 8.11. The molecule has 0 saturated carbocycles. The number of amides is 1. The van der Waals surface area contributed by atoms with Gasteiger partial charge in [-0.1, -0.05) is 29.8 Å². The van der Waals surface area contributed by atoms with Crippen LogP contribution < -0.4 is 0 Å². The van der Waals surface area contributed by atoms with Crippen molar-refractivity contribution in [1.29, 1.82) is 0 Å². The molecule has 1 aliphatic heterocycles. The molecular weight excluding hydrogens is 444 g/mol. The van der Waals surface area contributed by atoms with Crippen molar-refractivity contribution >= 4 is 34.6 Å². The monoisotopic (exact) mass is 466 g/mol. The number of piperazine rings is 1. The minimum atomic E-state index is -0.135. The van der Waals surface area contributed by atoms with Gasteiger partial charge in [0.05, 0.1) is 0 Å². The van der Waals surface area contributed by atoms with Crippen molar-refractivity contribution in [3.8, 4) is 10.4 Å². The first-order valence-corrected chi connectivity index (χ1v) is 11.7. The Hall–Kier alpha value is -2.81. The molecule has 0 spiro atoms. The average molecular weight is 467 g/mol. The third-order valence-corrected chi connectivity index (χ3v) is 7.08. The van der Waals surface area contributed by atoms with E-state index in [1.807, 2.05) is 49.1 Å². The largest absolute Gasteiger partial charge is 0.333 e. The van der Waals surface area contributed by atoms with Gasteiger partial charge in [-0.3, -0.25) is 9.69 Å². The van der Waals surface area contributed by atoms with Gasteiger partial charge in [0.25, 0.3) is 11.7 Å². The highest BCUT2D eigenvalue weighted by atomic mass is 35.5. The first-order valence-electron chi connectivity index (χ1n) is 10.5. The molecular formula is C23H23ClN6OS. The first kappa shape index (κ1) is 21.1. The molecule has 0 N–H and O–H groups in total. The van der Waals surface area contributed by atoms with Crippen LogP contribution in [0.4, 0.5) is 0 Å². The summed E-state index contributed by atoms with van der Waals surface area (Å²) in [5.41, 5.74) is 2.85. The highest BCUT2D eigenvalue weighted by molar-refractivity contribution is 7.15. The van der Waals surface area contributed by atoms with Gasteiger partial charge >= 0.3 is 0 Å². The third-order valence-electron chi connectivity index (χ3n) is 5.65. The number of fused-ring (bicyclic) bond motifs is 1. The van der Waals surface area contributed by atoms with Crippen LogP contribution in [-0.4, -0.2) is 61.5 Å². The van der Waals surface area contributed by atoms with E-state index in [0.717, 1.165) is 41.6 Å². The molecule has 4 heterocycles. The van der Waals surface area contributed by atoms with Crippen LogP contribution in [0.3, 0.4) is 0 Å². The van der Waals surface area contributed by atoms with Gasteiger partial charge in [-0.25, -0.2) is 9.50 Å². The maximum atomic E-state index is 13.0. The average Bonchev–Trinajstić information content (AvgIpc) is 3.41. The van der Waals surface area contributed by atoms with E-state index in [9.17, 15) is 4.79 Å². The van der Waals surface area contributed by atoms with Crippen LogP contribution >= 0.6 is 22.9 Å². The zero-order valence-electron chi connectivity index (χ0n) is 18.0. The molecule has 3 aromatic heterocycles. The van der Waals surface area contributed by atoms with Crippen LogP contribution in [-0.2, 0) is 6.54 Å². The molecule has 0 bridgehead atoms. The molecule has 9 heteroatoms. The minimum Gasteiger partial charge on any atom is -0.333 e. The molecule has 0 radical (unpaired) electrons. The fraction of sp³-hybridized carbons (Fsp3) is 0.304. The smallest absolute Gasteiger partial charge is 0.293 e. The van der Waals surface area contributed by atoms with Crippen molar-refractivity contribution in [3.05, 3.63) is 69.6 Å². The van der Waals surface area contributed by atoms with Crippen molar-refractivity contribution in [3.63, 3.8) is 0 Å². The Labute approximate surface area is 195 Å². The van der Waals surface area contributed by atoms with Gasteiger partial charge in [0, 0.05) is 64.5 Å². The van der Waals surface area contributed by atoms with E-state index in [2.05, 4.69) is 32.1 Å². The standard InChI is InChI=1S/C23H23ClN6OS/c1-15-13-16(2)30-23(25-15)26-21(27-30)22(31)29-11-9-28(10-12-29)14-17-7-8-20(32-17)18-5-3-4-6-19(18)24/h3-8,13H,9-12,14H2,1-2H3. The molecule has 1 aliphatic rings. The van der Waals surface area contributed by atoms with Gasteiger partial charge in [-0.15, -0.1) is 16.4 Å². The quantitative estimate of drug-likeness (QED) is 0.453. The summed E-state index contributed by atoms with van der Waals surface area (Å²) in [4.78, 5) is 28.4. The summed E-state index contributed by atoms with van der Waals surface area (Å²) in [6.45, 7) is 7.65. The number of aromatic nitrogens is 4. The summed E-state index contributed by atoms with van der Waals surface area (Å²) in [5, 5.41) is 5.16. The molecule has 0 unspecified atom stereocenters. The predicted octanol–water partition coefficient (Wildman–Crippen LogP) is 4.08. The van der Waals surface area contributed by atoms with Gasteiger partial charge < -0.3 is 4.90 Å². The van der Waals surface area contributed by atoms with E-state index in [0.29, 0.717) is 18.9 Å². The number of thiophene rings is 1. The highest BCUT2D eigenvalue weighted by Crippen LogP contribution is 2.33. The molecule has 1 saturated heterocycles. The highest BCUT2D eigenvalue weighted by Gasteiger charge is 2.26. The Morgan fingerprint density at radius 1 is 1.06 bits per heavy atom. The number of hydrogen-bond acceptors (Lipinski definition) is 6. The number of aryl methyl sites for hydroxylation is 2. The zero-order chi connectivity index (χ0) is 22.2. The van der Waals surface area contributed by atoms with E-state index >= 15 is 0 Å². The van der Waals surface area contributed by atoms with E-state index in [-0.39, 0.29) is 11.7 Å². The van der Waals surface area contributed by atoms with E-state index in [4.69, 9.17) is 11.6 Å². The van der Waals surface area contributed by atoms with Crippen molar-refractivity contribution in [2.75, 3.05) is 26.2 Å². The maximum Gasteiger partial charge on any atom is 0.293 e. The molecule has 32 heavy (non-hydrogen) atoms. The lowest BCUT2D eigenvalue weighted by Gasteiger charge is -2.33. The van der Waals surface area contributed by atoms with Crippen LogP contribution in [0.5, 0.6) is 0 Å². The van der Waals surface area contributed by atoms with Crippen molar-refractivity contribution in [1.82, 2.24) is 29.4 Å². The molecule has 1 fully saturated rings. The van der Waals surface area contributed by atoms with Crippen LogP contribution in [0.1, 0.15) is 26.9 Å². The lowest BCUT2D eigenvalue weighted by atomic mass is 10.2. The molecule has 7 nitrogen and oxygen atoms in total. The van der Waals surface area contributed by atoms with Gasteiger partial charge in [-0.05, 0) is 38.1 Å². The predicted molar refractivity (Wildman–Crippen MR) is 126 cm³/mol. The number of carbonyl (C=O) groups is 1. The molecule has 0 atom stereocenters. The van der Waals surface area contributed by atoms with Crippen molar-refractivity contribution in [2.45, 2.75) is 20.4 Å². The third kappa shape index (κ3) is 4.13. The van der Waals surface area contributed by atoms with Gasteiger partial charge in [0.2, 0.25) is 5.82 Å².